The molecular formula is C19H28O7. The highest BCUT2D eigenvalue weighted by Crippen LogP contribution is 2.48. The Balaban J connectivity index is 2.01. The van der Waals surface area contributed by atoms with Gasteiger partial charge in [0.05, 0.1) is 24.5 Å². The van der Waals surface area contributed by atoms with E-state index in [1.54, 1.807) is 27.0 Å². The molecule has 2 fully saturated rings. The number of fused-ring (bicyclic) bond motifs is 3. The molecule has 2 saturated heterocycles. The Morgan fingerprint density at radius 3 is 2.77 bits per heavy atom. The topological polar surface area (TPSA) is 91.3 Å². The number of carbonyl (C=O) groups is 2. The van der Waals surface area contributed by atoms with Crippen molar-refractivity contribution < 1.29 is 33.6 Å². The van der Waals surface area contributed by atoms with Crippen LogP contribution in [0, 0.1) is 11.8 Å². The van der Waals surface area contributed by atoms with E-state index in [1.807, 2.05) is 6.92 Å². The van der Waals surface area contributed by atoms with Crippen LogP contribution >= 0.6 is 0 Å². The first-order valence-corrected chi connectivity index (χ1v) is 9.19. The summed E-state index contributed by atoms with van der Waals surface area (Å²) in [4.78, 5) is 24.2. The van der Waals surface area contributed by atoms with Crippen LogP contribution in [0.3, 0.4) is 0 Å². The Labute approximate surface area is 153 Å². The van der Waals surface area contributed by atoms with E-state index in [2.05, 4.69) is 0 Å². The molecule has 0 radical (unpaired) electrons. The average Bonchev–Trinajstić information content (AvgIpc) is 3.12. The van der Waals surface area contributed by atoms with Gasteiger partial charge in [0.1, 0.15) is 12.2 Å². The van der Waals surface area contributed by atoms with Gasteiger partial charge in [-0.15, -0.1) is 0 Å². The van der Waals surface area contributed by atoms with E-state index in [0.717, 1.165) is 0 Å². The Bertz CT molecular complexity index is 613. The zero-order chi connectivity index (χ0) is 19.1. The number of aliphatic hydroxyl groups is 1. The SMILES string of the molecule is CO[C@@]12CC[C@@](C)(C[C@@H](OC(=O)C(C)C)[C@H]3CC(=O)O[C@@H]3/C=C\1CO)O2. The summed E-state index contributed by atoms with van der Waals surface area (Å²) in [6, 6.07) is 0. The Kier molecular flexibility index (Phi) is 5.16. The summed E-state index contributed by atoms with van der Waals surface area (Å²) in [6.45, 7) is 5.25. The van der Waals surface area contributed by atoms with Gasteiger partial charge in [0.15, 0.2) is 5.79 Å². The van der Waals surface area contributed by atoms with Gasteiger partial charge in [-0.1, -0.05) is 13.8 Å². The molecule has 7 nitrogen and oxygen atoms in total. The van der Waals surface area contributed by atoms with Crippen molar-refractivity contribution in [2.75, 3.05) is 13.7 Å². The third-order valence-electron chi connectivity index (χ3n) is 5.69. The van der Waals surface area contributed by atoms with Crippen LogP contribution in [0.4, 0.5) is 0 Å². The molecular weight excluding hydrogens is 340 g/mol. The molecule has 0 aromatic rings. The highest BCUT2D eigenvalue weighted by molar-refractivity contribution is 5.74. The average molecular weight is 368 g/mol. The van der Waals surface area contributed by atoms with Crippen LogP contribution in [0.15, 0.2) is 11.6 Å². The predicted octanol–water partition coefficient (Wildman–Crippen LogP) is 1.72. The van der Waals surface area contributed by atoms with Crippen molar-refractivity contribution in [3.63, 3.8) is 0 Å². The van der Waals surface area contributed by atoms with Crippen LogP contribution < -0.4 is 0 Å². The number of hydrogen-bond acceptors (Lipinski definition) is 7. The van der Waals surface area contributed by atoms with Crippen molar-refractivity contribution in [2.24, 2.45) is 11.8 Å². The largest absolute Gasteiger partial charge is 0.462 e. The Hall–Kier alpha value is -1.44. The van der Waals surface area contributed by atoms with Crippen molar-refractivity contribution in [3.8, 4) is 0 Å². The lowest BCUT2D eigenvalue weighted by atomic mass is 9.83. The summed E-state index contributed by atoms with van der Waals surface area (Å²) < 4.78 is 23.2. The molecule has 0 unspecified atom stereocenters. The van der Waals surface area contributed by atoms with Gasteiger partial charge in [-0.25, -0.2) is 0 Å². The van der Waals surface area contributed by atoms with Crippen molar-refractivity contribution in [2.45, 2.75) is 70.1 Å². The van der Waals surface area contributed by atoms with E-state index >= 15 is 0 Å². The predicted molar refractivity (Wildman–Crippen MR) is 91.0 cm³/mol. The van der Waals surface area contributed by atoms with Crippen LogP contribution in [0.2, 0.25) is 0 Å². The number of hydrogen-bond donors (Lipinski definition) is 1. The van der Waals surface area contributed by atoms with E-state index in [0.29, 0.717) is 24.8 Å². The van der Waals surface area contributed by atoms with Crippen LogP contribution in [0.25, 0.3) is 0 Å². The number of carbonyl (C=O) groups excluding carboxylic acids is 2. The fourth-order valence-electron chi connectivity index (χ4n) is 4.16. The molecule has 3 aliphatic rings. The Morgan fingerprint density at radius 1 is 1.42 bits per heavy atom. The fraction of sp³-hybridized carbons (Fsp3) is 0.789. The monoisotopic (exact) mass is 368 g/mol. The summed E-state index contributed by atoms with van der Waals surface area (Å²) >= 11 is 0. The molecule has 2 bridgehead atoms. The summed E-state index contributed by atoms with van der Waals surface area (Å²) in [7, 11) is 1.54. The van der Waals surface area contributed by atoms with E-state index in [9.17, 15) is 14.7 Å². The molecule has 146 valence electrons. The van der Waals surface area contributed by atoms with Gasteiger partial charge in [-0.2, -0.15) is 0 Å². The van der Waals surface area contributed by atoms with Crippen LogP contribution in [-0.4, -0.2) is 54.4 Å². The normalized spacial score (nSPS) is 41.5. The maximum Gasteiger partial charge on any atom is 0.308 e. The van der Waals surface area contributed by atoms with Crippen LogP contribution in [0.1, 0.15) is 46.5 Å². The number of aliphatic hydroxyl groups excluding tert-OH is 1. The van der Waals surface area contributed by atoms with Gasteiger partial charge < -0.3 is 24.1 Å². The zero-order valence-electron chi connectivity index (χ0n) is 15.8. The minimum Gasteiger partial charge on any atom is -0.462 e. The molecule has 3 heterocycles. The van der Waals surface area contributed by atoms with Crippen molar-refractivity contribution in [1.29, 1.82) is 0 Å². The highest BCUT2D eigenvalue weighted by atomic mass is 16.7. The third-order valence-corrected chi connectivity index (χ3v) is 5.69. The van der Waals surface area contributed by atoms with Crippen molar-refractivity contribution in [3.05, 3.63) is 11.6 Å². The molecule has 0 saturated carbocycles. The summed E-state index contributed by atoms with van der Waals surface area (Å²) in [6.07, 6.45) is 2.52. The van der Waals surface area contributed by atoms with Gasteiger partial charge in [0.25, 0.3) is 0 Å². The molecule has 0 amide bonds. The highest BCUT2D eigenvalue weighted by Gasteiger charge is 2.54. The molecule has 7 heteroatoms. The molecule has 0 aromatic heterocycles. The summed E-state index contributed by atoms with van der Waals surface area (Å²) in [5, 5.41) is 9.92. The van der Waals surface area contributed by atoms with E-state index in [-0.39, 0.29) is 36.8 Å². The molecule has 1 N–H and O–H groups in total. The quantitative estimate of drug-likeness (QED) is 0.597. The number of rotatable bonds is 4. The molecule has 3 aliphatic heterocycles. The molecule has 5 atom stereocenters. The van der Waals surface area contributed by atoms with E-state index in [1.165, 1.54) is 0 Å². The van der Waals surface area contributed by atoms with Gasteiger partial charge in [0, 0.05) is 31.4 Å². The third kappa shape index (κ3) is 3.40. The van der Waals surface area contributed by atoms with Crippen molar-refractivity contribution >= 4 is 11.9 Å². The molecule has 0 aliphatic carbocycles. The second-order valence-corrected chi connectivity index (χ2v) is 8.02. The lowest BCUT2D eigenvalue weighted by molar-refractivity contribution is -0.221. The second kappa shape index (κ2) is 6.94. The van der Waals surface area contributed by atoms with Gasteiger partial charge in [0.2, 0.25) is 0 Å². The maximum atomic E-state index is 12.2. The summed E-state index contributed by atoms with van der Waals surface area (Å²) in [5.41, 5.74) is -0.0449. The molecule has 0 spiro atoms. The molecule has 3 rings (SSSR count). The minimum atomic E-state index is -1.04. The van der Waals surface area contributed by atoms with Gasteiger partial charge in [-0.3, -0.25) is 9.59 Å². The first-order valence-electron chi connectivity index (χ1n) is 9.19. The molecule has 26 heavy (non-hydrogen) atoms. The lowest BCUT2D eigenvalue weighted by Crippen LogP contribution is -2.41. The first-order chi connectivity index (χ1) is 12.2. The maximum absolute atomic E-state index is 12.2. The smallest absolute Gasteiger partial charge is 0.308 e. The standard InChI is InChI=1S/C19H28O7/c1-11(2)17(22)25-15-9-18(3)5-6-19(23-4,26-18)12(10-20)7-14-13(15)8-16(21)24-14/h7,11,13-15,20H,5-6,8-10H2,1-4H3/b12-7-/t13-,14+,15+,18-,19+/m0/s1. The fourth-order valence-corrected chi connectivity index (χ4v) is 4.16. The lowest BCUT2D eigenvalue weighted by Gasteiger charge is -2.34. The number of esters is 2. The molecule has 0 aromatic carbocycles. The van der Waals surface area contributed by atoms with Crippen LogP contribution in [0.5, 0.6) is 0 Å². The van der Waals surface area contributed by atoms with Gasteiger partial charge >= 0.3 is 11.9 Å². The summed E-state index contributed by atoms with van der Waals surface area (Å²) in [5.74, 6) is -2.25. The number of ether oxygens (including phenoxy) is 4. The zero-order valence-corrected chi connectivity index (χ0v) is 15.8. The van der Waals surface area contributed by atoms with Crippen molar-refractivity contribution in [1.82, 2.24) is 0 Å². The minimum absolute atomic E-state index is 0.173. The van der Waals surface area contributed by atoms with Gasteiger partial charge in [-0.05, 0) is 19.4 Å². The van der Waals surface area contributed by atoms with E-state index < -0.39 is 23.6 Å². The van der Waals surface area contributed by atoms with Crippen LogP contribution in [-0.2, 0) is 28.5 Å². The Morgan fingerprint density at radius 2 is 2.15 bits per heavy atom. The second-order valence-electron chi connectivity index (χ2n) is 8.02. The number of methoxy groups -OCH3 is 1. The van der Waals surface area contributed by atoms with E-state index in [4.69, 9.17) is 18.9 Å². The first kappa shape index (κ1) is 19.3.